The number of amides is 2. The van der Waals surface area contributed by atoms with Crippen molar-refractivity contribution in [3.63, 3.8) is 0 Å². The third-order valence-electron chi connectivity index (χ3n) is 3.29. The average molecular weight is 266 g/mol. The molecule has 0 heterocycles. The molecule has 0 aromatic carbocycles. The maximum absolute atomic E-state index is 12.4. The van der Waals surface area contributed by atoms with E-state index in [9.17, 15) is 9.59 Å². The number of carboxylic acids is 1. The molecule has 0 aliphatic heterocycles. The molecule has 1 N–H and O–H groups in total. The third kappa shape index (κ3) is 4.43. The SMILES string of the molecule is C=CCN(CC=C)C(=O)N(CC(=O)O)C1CCCC1. The molecule has 1 saturated carbocycles. The van der Waals surface area contributed by atoms with Crippen LogP contribution in [0.15, 0.2) is 25.3 Å². The Kier molecular flexibility index (Phi) is 6.12. The highest BCUT2D eigenvalue weighted by atomic mass is 16.4. The van der Waals surface area contributed by atoms with Gasteiger partial charge in [0.25, 0.3) is 0 Å². The van der Waals surface area contributed by atoms with Gasteiger partial charge in [-0.25, -0.2) is 4.79 Å². The van der Waals surface area contributed by atoms with Gasteiger partial charge in [0, 0.05) is 19.1 Å². The Bertz CT molecular complexity index is 339. The second kappa shape index (κ2) is 7.61. The van der Waals surface area contributed by atoms with E-state index in [0.717, 1.165) is 25.7 Å². The van der Waals surface area contributed by atoms with Crippen LogP contribution in [0, 0.1) is 0 Å². The number of aliphatic carboxylic acids is 1. The van der Waals surface area contributed by atoms with E-state index in [1.165, 1.54) is 4.90 Å². The average Bonchev–Trinajstić information content (AvgIpc) is 2.88. The Morgan fingerprint density at radius 3 is 2.11 bits per heavy atom. The molecule has 5 heteroatoms. The largest absolute Gasteiger partial charge is 0.480 e. The fourth-order valence-electron chi connectivity index (χ4n) is 2.44. The Morgan fingerprint density at radius 2 is 1.68 bits per heavy atom. The normalized spacial score (nSPS) is 14.9. The summed E-state index contributed by atoms with van der Waals surface area (Å²) in [6.45, 7) is 7.79. The first-order valence-electron chi connectivity index (χ1n) is 6.59. The molecule has 106 valence electrons. The number of hydrogen-bond donors (Lipinski definition) is 1. The summed E-state index contributed by atoms with van der Waals surface area (Å²) in [5.74, 6) is -0.975. The second-order valence-corrected chi connectivity index (χ2v) is 4.72. The predicted molar refractivity (Wildman–Crippen MR) is 74.0 cm³/mol. The summed E-state index contributed by atoms with van der Waals surface area (Å²) >= 11 is 0. The van der Waals surface area contributed by atoms with Gasteiger partial charge in [-0.3, -0.25) is 4.79 Å². The van der Waals surface area contributed by atoms with Gasteiger partial charge in [0.2, 0.25) is 0 Å². The number of rotatable bonds is 7. The number of nitrogens with zero attached hydrogens (tertiary/aromatic N) is 2. The first-order valence-corrected chi connectivity index (χ1v) is 6.59. The first kappa shape index (κ1) is 15.3. The van der Waals surface area contributed by atoms with Crippen LogP contribution in [0.5, 0.6) is 0 Å². The molecule has 1 aliphatic carbocycles. The molecule has 0 aromatic heterocycles. The number of carbonyl (C=O) groups is 2. The topological polar surface area (TPSA) is 60.9 Å². The summed E-state index contributed by atoms with van der Waals surface area (Å²) in [6, 6.07) is -0.199. The molecule has 0 saturated heterocycles. The van der Waals surface area contributed by atoms with Crippen LogP contribution in [0.4, 0.5) is 4.79 Å². The second-order valence-electron chi connectivity index (χ2n) is 4.72. The van der Waals surface area contributed by atoms with Crippen LogP contribution in [0.2, 0.25) is 0 Å². The summed E-state index contributed by atoms with van der Waals surface area (Å²) in [7, 11) is 0. The van der Waals surface area contributed by atoms with Crippen LogP contribution in [-0.2, 0) is 4.79 Å². The van der Waals surface area contributed by atoms with Gasteiger partial charge in [-0.05, 0) is 12.8 Å². The highest BCUT2D eigenvalue weighted by Gasteiger charge is 2.30. The van der Waals surface area contributed by atoms with Crippen LogP contribution in [0.3, 0.4) is 0 Å². The minimum atomic E-state index is -0.975. The monoisotopic (exact) mass is 266 g/mol. The van der Waals surface area contributed by atoms with Crippen LogP contribution in [-0.4, -0.2) is 52.6 Å². The van der Waals surface area contributed by atoms with Gasteiger partial charge in [-0.1, -0.05) is 25.0 Å². The molecule has 0 atom stereocenters. The summed E-state index contributed by atoms with van der Waals surface area (Å²) < 4.78 is 0. The fourth-order valence-corrected chi connectivity index (χ4v) is 2.44. The molecule has 1 aliphatic rings. The van der Waals surface area contributed by atoms with Gasteiger partial charge < -0.3 is 14.9 Å². The molecule has 2 amide bonds. The van der Waals surface area contributed by atoms with Gasteiger partial charge in [0.1, 0.15) is 6.54 Å². The number of hydrogen-bond acceptors (Lipinski definition) is 2. The summed E-state index contributed by atoms with van der Waals surface area (Å²) in [5.41, 5.74) is 0. The Balaban J connectivity index is 2.80. The number of urea groups is 1. The van der Waals surface area contributed by atoms with Gasteiger partial charge in [-0.15, -0.1) is 13.2 Å². The lowest BCUT2D eigenvalue weighted by molar-refractivity contribution is -0.138. The van der Waals surface area contributed by atoms with E-state index in [-0.39, 0.29) is 18.6 Å². The van der Waals surface area contributed by atoms with Crippen LogP contribution >= 0.6 is 0 Å². The van der Waals surface area contributed by atoms with Gasteiger partial charge in [0.05, 0.1) is 0 Å². The Labute approximate surface area is 114 Å². The van der Waals surface area contributed by atoms with Crippen molar-refractivity contribution in [1.29, 1.82) is 0 Å². The van der Waals surface area contributed by atoms with E-state index < -0.39 is 5.97 Å². The summed E-state index contributed by atoms with van der Waals surface area (Å²) in [6.07, 6.45) is 7.14. The summed E-state index contributed by atoms with van der Waals surface area (Å²) in [5, 5.41) is 8.98. The van der Waals surface area contributed by atoms with Crippen molar-refractivity contribution in [1.82, 2.24) is 9.80 Å². The quantitative estimate of drug-likeness (QED) is 0.718. The zero-order valence-corrected chi connectivity index (χ0v) is 11.3. The molecule has 0 unspecified atom stereocenters. The molecule has 0 bridgehead atoms. The molecule has 0 aromatic rings. The standard InChI is InChI=1S/C14H22N2O3/c1-3-9-15(10-4-2)14(19)16(11-13(17)18)12-7-5-6-8-12/h3-4,12H,1-2,5-11H2,(H,17,18). The van der Waals surface area contributed by atoms with Crippen molar-refractivity contribution in [2.45, 2.75) is 31.7 Å². The highest BCUT2D eigenvalue weighted by molar-refractivity contribution is 5.80. The van der Waals surface area contributed by atoms with E-state index in [4.69, 9.17) is 5.11 Å². The van der Waals surface area contributed by atoms with Crippen LogP contribution in [0.1, 0.15) is 25.7 Å². The van der Waals surface area contributed by atoms with Crippen molar-refractivity contribution >= 4 is 12.0 Å². The number of carboxylic acid groups (broad SMARTS) is 1. The molecule has 1 rings (SSSR count). The lowest BCUT2D eigenvalue weighted by Gasteiger charge is -2.32. The molecular formula is C14H22N2O3. The highest BCUT2D eigenvalue weighted by Crippen LogP contribution is 2.24. The Hall–Kier alpha value is -1.78. The predicted octanol–water partition coefficient (Wildman–Crippen LogP) is 2.11. The number of carbonyl (C=O) groups excluding carboxylic acids is 1. The van der Waals surface area contributed by atoms with E-state index in [1.54, 1.807) is 17.1 Å². The van der Waals surface area contributed by atoms with Crippen molar-refractivity contribution < 1.29 is 14.7 Å². The lowest BCUT2D eigenvalue weighted by atomic mass is 10.2. The fraction of sp³-hybridized carbons (Fsp3) is 0.571. The van der Waals surface area contributed by atoms with E-state index >= 15 is 0 Å². The zero-order valence-electron chi connectivity index (χ0n) is 11.3. The van der Waals surface area contributed by atoms with Crippen molar-refractivity contribution in [3.8, 4) is 0 Å². The van der Waals surface area contributed by atoms with Crippen LogP contribution < -0.4 is 0 Å². The van der Waals surface area contributed by atoms with Gasteiger partial charge in [-0.2, -0.15) is 0 Å². The smallest absolute Gasteiger partial charge is 0.323 e. The third-order valence-corrected chi connectivity index (χ3v) is 3.29. The van der Waals surface area contributed by atoms with Gasteiger partial charge in [0.15, 0.2) is 0 Å². The molecule has 0 radical (unpaired) electrons. The van der Waals surface area contributed by atoms with Crippen molar-refractivity contribution in [2.24, 2.45) is 0 Å². The molecule has 19 heavy (non-hydrogen) atoms. The maximum atomic E-state index is 12.4. The summed E-state index contributed by atoms with van der Waals surface area (Å²) in [4.78, 5) is 26.4. The van der Waals surface area contributed by atoms with Crippen molar-refractivity contribution in [2.75, 3.05) is 19.6 Å². The minimum Gasteiger partial charge on any atom is -0.480 e. The van der Waals surface area contributed by atoms with Crippen LogP contribution in [0.25, 0.3) is 0 Å². The van der Waals surface area contributed by atoms with E-state index in [2.05, 4.69) is 13.2 Å². The maximum Gasteiger partial charge on any atom is 0.323 e. The first-order chi connectivity index (χ1) is 9.10. The van der Waals surface area contributed by atoms with E-state index in [0.29, 0.717) is 13.1 Å². The zero-order chi connectivity index (χ0) is 14.3. The van der Waals surface area contributed by atoms with E-state index in [1.807, 2.05) is 0 Å². The molecule has 1 fully saturated rings. The van der Waals surface area contributed by atoms with Gasteiger partial charge >= 0.3 is 12.0 Å². The molecule has 5 nitrogen and oxygen atoms in total. The lowest BCUT2D eigenvalue weighted by Crippen LogP contribution is -2.49. The molecular weight excluding hydrogens is 244 g/mol. The minimum absolute atomic E-state index is 0.0423. The van der Waals surface area contributed by atoms with Crippen molar-refractivity contribution in [3.05, 3.63) is 25.3 Å². The Morgan fingerprint density at radius 1 is 1.16 bits per heavy atom. The molecule has 0 spiro atoms.